The molecular weight excluding hydrogens is 362 g/mol. The maximum atomic E-state index is 13.4. The zero-order valence-electron chi connectivity index (χ0n) is 14.6. The van der Waals surface area contributed by atoms with Crippen LogP contribution >= 0.6 is 11.3 Å². The van der Waals surface area contributed by atoms with Gasteiger partial charge in [0.2, 0.25) is 5.92 Å². The molecule has 0 aliphatic heterocycles. The fourth-order valence-electron chi connectivity index (χ4n) is 2.79. The van der Waals surface area contributed by atoms with Gasteiger partial charge in [-0.1, -0.05) is 0 Å². The second-order valence-corrected chi connectivity index (χ2v) is 7.10. The Morgan fingerprint density at radius 2 is 2.12 bits per heavy atom. The van der Waals surface area contributed by atoms with Crippen molar-refractivity contribution in [2.75, 3.05) is 11.9 Å². The lowest BCUT2D eigenvalue weighted by molar-refractivity contribution is -0.0361. The van der Waals surface area contributed by atoms with Gasteiger partial charge in [-0.25, -0.2) is 28.5 Å². The lowest BCUT2D eigenvalue weighted by atomic mass is 9.92. The topological polar surface area (TPSA) is 77.0 Å². The van der Waals surface area contributed by atoms with Crippen LogP contribution in [0.4, 0.5) is 14.6 Å². The largest absolute Gasteiger partial charge is 0.462 e. The molecule has 2 aromatic rings. The molecule has 0 atom stereocenters. The van der Waals surface area contributed by atoms with E-state index in [1.54, 1.807) is 6.92 Å². The summed E-state index contributed by atoms with van der Waals surface area (Å²) in [5.74, 6) is -2.47. The van der Waals surface area contributed by atoms with Gasteiger partial charge in [-0.3, -0.25) is 0 Å². The first-order valence-electron chi connectivity index (χ1n) is 8.49. The Morgan fingerprint density at radius 1 is 1.38 bits per heavy atom. The van der Waals surface area contributed by atoms with Gasteiger partial charge in [0.25, 0.3) is 0 Å². The Morgan fingerprint density at radius 3 is 2.73 bits per heavy atom. The summed E-state index contributed by atoms with van der Waals surface area (Å²) in [6, 6.07) is -0.177. The molecule has 0 aromatic carbocycles. The van der Waals surface area contributed by atoms with Gasteiger partial charge >= 0.3 is 5.97 Å². The number of nitrogens with zero attached hydrogens (tertiary/aromatic N) is 3. The fourth-order valence-corrected chi connectivity index (χ4v) is 3.52. The third kappa shape index (κ3) is 4.32. The monoisotopic (exact) mass is 382 g/mol. The van der Waals surface area contributed by atoms with Gasteiger partial charge in [0, 0.05) is 36.2 Å². The van der Waals surface area contributed by atoms with E-state index in [2.05, 4.69) is 20.3 Å². The molecule has 0 radical (unpaired) electrons. The number of aryl methyl sites for hydroxylation is 1. The van der Waals surface area contributed by atoms with Gasteiger partial charge in [-0.15, -0.1) is 11.3 Å². The first kappa shape index (κ1) is 18.6. The van der Waals surface area contributed by atoms with E-state index in [9.17, 15) is 13.6 Å². The number of halogens is 2. The van der Waals surface area contributed by atoms with Crippen molar-refractivity contribution in [1.29, 1.82) is 0 Å². The van der Waals surface area contributed by atoms with Crippen LogP contribution in [0.25, 0.3) is 10.8 Å². The minimum atomic E-state index is -2.61. The molecule has 0 amide bonds. The van der Waals surface area contributed by atoms with Crippen LogP contribution in [0.5, 0.6) is 0 Å². The van der Waals surface area contributed by atoms with Crippen LogP contribution in [0, 0.1) is 6.92 Å². The number of esters is 1. The molecule has 1 N–H and O–H groups in total. The standard InChI is InChI=1S/C17H20F2N4O2S/c1-3-25-16(24)12-8-20-14(15-21-10(2)9-26-15)23-13(12)22-11-4-6-17(18,19)7-5-11/h8-9,11H,3-7H2,1-2H3,(H,20,22,23). The molecule has 1 fully saturated rings. The van der Waals surface area contributed by atoms with Crippen LogP contribution < -0.4 is 5.32 Å². The molecule has 1 saturated carbocycles. The van der Waals surface area contributed by atoms with Gasteiger partial charge in [-0.2, -0.15) is 0 Å². The first-order chi connectivity index (χ1) is 12.4. The van der Waals surface area contributed by atoms with Crippen LogP contribution in [-0.4, -0.2) is 39.5 Å². The van der Waals surface area contributed by atoms with Crippen molar-refractivity contribution in [2.45, 2.75) is 51.5 Å². The average molecular weight is 382 g/mol. The number of aromatic nitrogens is 3. The van der Waals surface area contributed by atoms with E-state index in [1.165, 1.54) is 17.5 Å². The number of hydrogen-bond acceptors (Lipinski definition) is 7. The summed E-state index contributed by atoms with van der Waals surface area (Å²) >= 11 is 1.40. The maximum Gasteiger partial charge on any atom is 0.343 e. The lowest BCUT2D eigenvalue weighted by Gasteiger charge is -2.29. The van der Waals surface area contributed by atoms with E-state index in [1.807, 2.05) is 12.3 Å². The van der Waals surface area contributed by atoms with Gasteiger partial charge < -0.3 is 10.1 Å². The van der Waals surface area contributed by atoms with E-state index in [4.69, 9.17) is 4.74 Å². The number of alkyl halides is 2. The number of hydrogen-bond donors (Lipinski definition) is 1. The highest BCUT2D eigenvalue weighted by atomic mass is 32.1. The molecule has 0 unspecified atom stereocenters. The van der Waals surface area contributed by atoms with Crippen LogP contribution in [0.3, 0.4) is 0 Å². The Balaban J connectivity index is 1.87. The van der Waals surface area contributed by atoms with E-state index in [-0.39, 0.29) is 31.1 Å². The van der Waals surface area contributed by atoms with Crippen LogP contribution in [0.15, 0.2) is 11.6 Å². The van der Waals surface area contributed by atoms with E-state index in [0.717, 1.165) is 5.69 Å². The quantitative estimate of drug-likeness (QED) is 0.786. The molecule has 26 heavy (non-hydrogen) atoms. The van der Waals surface area contributed by atoms with Crippen molar-refractivity contribution in [3.05, 3.63) is 22.8 Å². The van der Waals surface area contributed by atoms with Gasteiger partial charge in [0.15, 0.2) is 10.8 Å². The number of carbonyl (C=O) groups excluding carboxylic acids is 1. The average Bonchev–Trinajstić information content (AvgIpc) is 3.03. The van der Waals surface area contributed by atoms with Crippen molar-refractivity contribution >= 4 is 23.1 Å². The molecule has 9 heteroatoms. The highest BCUT2D eigenvalue weighted by Crippen LogP contribution is 2.34. The normalized spacial score (nSPS) is 17.1. The molecule has 0 spiro atoms. The Bertz CT molecular complexity index is 787. The van der Waals surface area contributed by atoms with Gasteiger partial charge in [0.05, 0.1) is 6.61 Å². The minimum absolute atomic E-state index is 0.177. The summed E-state index contributed by atoms with van der Waals surface area (Å²) in [5.41, 5.74) is 1.05. The highest BCUT2D eigenvalue weighted by Gasteiger charge is 2.35. The molecule has 1 aliphatic rings. The molecule has 140 valence electrons. The zero-order valence-corrected chi connectivity index (χ0v) is 15.4. The number of carbonyl (C=O) groups is 1. The molecule has 0 saturated heterocycles. The number of nitrogens with one attached hydrogen (secondary N) is 1. The summed E-state index contributed by atoms with van der Waals surface area (Å²) in [6.45, 7) is 3.80. The second-order valence-electron chi connectivity index (χ2n) is 6.24. The van der Waals surface area contributed by atoms with E-state index in [0.29, 0.717) is 29.5 Å². The first-order valence-corrected chi connectivity index (χ1v) is 9.37. The Kier molecular flexibility index (Phi) is 5.45. The molecule has 3 rings (SSSR count). The molecule has 2 heterocycles. The molecule has 6 nitrogen and oxygen atoms in total. The molecular formula is C17H20F2N4O2S. The number of thiazole rings is 1. The maximum absolute atomic E-state index is 13.4. The van der Waals surface area contributed by atoms with Crippen LogP contribution in [-0.2, 0) is 4.74 Å². The SMILES string of the molecule is CCOC(=O)c1cnc(-c2nc(C)cs2)nc1NC1CCC(F)(F)CC1. The summed E-state index contributed by atoms with van der Waals surface area (Å²) < 4.78 is 31.8. The fraction of sp³-hybridized carbons (Fsp3) is 0.529. The van der Waals surface area contributed by atoms with Crippen molar-refractivity contribution in [2.24, 2.45) is 0 Å². The van der Waals surface area contributed by atoms with Crippen LogP contribution in [0.1, 0.15) is 48.7 Å². The van der Waals surface area contributed by atoms with Gasteiger partial charge in [-0.05, 0) is 26.7 Å². The Hall–Kier alpha value is -2.16. The third-order valence-electron chi connectivity index (χ3n) is 4.15. The van der Waals surface area contributed by atoms with Gasteiger partial charge in [0.1, 0.15) is 11.4 Å². The lowest BCUT2D eigenvalue weighted by Crippen LogP contribution is -2.33. The third-order valence-corrected chi connectivity index (χ3v) is 5.11. The van der Waals surface area contributed by atoms with Crippen molar-refractivity contribution in [1.82, 2.24) is 15.0 Å². The highest BCUT2D eigenvalue weighted by molar-refractivity contribution is 7.13. The van der Waals surface area contributed by atoms with E-state index < -0.39 is 11.9 Å². The predicted octanol–water partition coefficient (Wildman–Crippen LogP) is 4.08. The predicted molar refractivity (Wildman–Crippen MR) is 94.7 cm³/mol. The number of anilines is 1. The van der Waals surface area contributed by atoms with Crippen molar-refractivity contribution < 1.29 is 18.3 Å². The summed E-state index contributed by atoms with van der Waals surface area (Å²) in [5, 5.41) is 5.65. The minimum Gasteiger partial charge on any atom is -0.462 e. The smallest absolute Gasteiger partial charge is 0.343 e. The molecule has 2 aromatic heterocycles. The Labute approximate surface area is 154 Å². The van der Waals surface area contributed by atoms with Crippen LogP contribution in [0.2, 0.25) is 0 Å². The number of ether oxygens (including phenoxy) is 1. The summed E-state index contributed by atoms with van der Waals surface area (Å²) in [6.07, 6.45) is 1.67. The summed E-state index contributed by atoms with van der Waals surface area (Å²) in [7, 11) is 0. The summed E-state index contributed by atoms with van der Waals surface area (Å²) in [4.78, 5) is 25.2. The number of rotatable bonds is 5. The van der Waals surface area contributed by atoms with Crippen molar-refractivity contribution in [3.8, 4) is 10.8 Å². The molecule has 1 aliphatic carbocycles. The second kappa shape index (κ2) is 7.61. The zero-order chi connectivity index (χ0) is 18.7. The molecule has 0 bridgehead atoms. The van der Waals surface area contributed by atoms with Crippen molar-refractivity contribution in [3.63, 3.8) is 0 Å². The van der Waals surface area contributed by atoms with E-state index >= 15 is 0 Å².